The molecular weight excluding hydrogens is 286 g/mol. The van der Waals surface area contributed by atoms with Gasteiger partial charge in [-0.3, -0.25) is 14.9 Å². The van der Waals surface area contributed by atoms with E-state index >= 15 is 0 Å². The molecule has 1 amide bonds. The van der Waals surface area contributed by atoms with Gasteiger partial charge in [0.2, 0.25) is 5.91 Å². The van der Waals surface area contributed by atoms with Gasteiger partial charge in [-0.05, 0) is 37.9 Å². The molecule has 1 aliphatic heterocycles. The standard InChI is InChI=1S/C15H21N3O4/c1-11(19)12-6-8-17(10-12)9-7-15(20)16-13-2-4-14(5-3-13)18(21)22/h2-5,11-12,19H,6-10H2,1H3,(H,16,20). The Morgan fingerprint density at radius 1 is 1.50 bits per heavy atom. The molecule has 0 bridgehead atoms. The Morgan fingerprint density at radius 3 is 2.73 bits per heavy atom. The van der Waals surface area contributed by atoms with E-state index in [1.165, 1.54) is 24.3 Å². The molecule has 2 rings (SSSR count). The van der Waals surface area contributed by atoms with Crippen LogP contribution < -0.4 is 5.32 Å². The Balaban J connectivity index is 1.75. The number of carbonyl (C=O) groups is 1. The normalized spacial score (nSPS) is 19.8. The zero-order chi connectivity index (χ0) is 16.1. The third kappa shape index (κ3) is 4.51. The predicted octanol–water partition coefficient (Wildman–Crippen LogP) is 1.63. The number of nitro benzene ring substituents is 1. The Hall–Kier alpha value is -1.99. The number of non-ortho nitro benzene ring substituents is 1. The fourth-order valence-corrected chi connectivity index (χ4v) is 2.61. The van der Waals surface area contributed by atoms with Crippen molar-refractivity contribution in [2.75, 3.05) is 25.0 Å². The maximum Gasteiger partial charge on any atom is 0.269 e. The summed E-state index contributed by atoms with van der Waals surface area (Å²) in [5.41, 5.74) is 0.554. The minimum absolute atomic E-state index is 0.000712. The summed E-state index contributed by atoms with van der Waals surface area (Å²) in [6, 6.07) is 5.78. The second-order valence-electron chi connectivity index (χ2n) is 5.69. The highest BCUT2D eigenvalue weighted by atomic mass is 16.6. The van der Waals surface area contributed by atoms with E-state index in [0.29, 0.717) is 18.7 Å². The molecule has 1 aliphatic rings. The fraction of sp³-hybridized carbons (Fsp3) is 0.533. The molecular formula is C15H21N3O4. The number of anilines is 1. The van der Waals surface area contributed by atoms with Crippen LogP contribution in [0.4, 0.5) is 11.4 Å². The van der Waals surface area contributed by atoms with Crippen molar-refractivity contribution in [3.8, 4) is 0 Å². The number of hydrogen-bond donors (Lipinski definition) is 2. The van der Waals surface area contributed by atoms with E-state index in [4.69, 9.17) is 0 Å². The average molecular weight is 307 g/mol. The molecule has 0 saturated carbocycles. The first-order valence-corrected chi connectivity index (χ1v) is 7.40. The van der Waals surface area contributed by atoms with Gasteiger partial charge in [-0.2, -0.15) is 0 Å². The van der Waals surface area contributed by atoms with E-state index in [1.54, 1.807) is 6.92 Å². The Morgan fingerprint density at radius 2 is 2.18 bits per heavy atom. The first kappa shape index (κ1) is 16.4. The molecule has 7 nitrogen and oxygen atoms in total. The third-order valence-corrected chi connectivity index (χ3v) is 4.01. The smallest absolute Gasteiger partial charge is 0.269 e. The van der Waals surface area contributed by atoms with Crippen molar-refractivity contribution in [2.24, 2.45) is 5.92 Å². The average Bonchev–Trinajstić information content (AvgIpc) is 2.95. The van der Waals surface area contributed by atoms with Crippen LogP contribution >= 0.6 is 0 Å². The van der Waals surface area contributed by atoms with Gasteiger partial charge in [0.1, 0.15) is 0 Å². The summed E-state index contributed by atoms with van der Waals surface area (Å²) < 4.78 is 0. The number of amides is 1. The van der Waals surface area contributed by atoms with E-state index in [9.17, 15) is 20.0 Å². The van der Waals surface area contributed by atoms with E-state index in [0.717, 1.165) is 19.5 Å². The number of hydrogen-bond acceptors (Lipinski definition) is 5. The van der Waals surface area contributed by atoms with Gasteiger partial charge in [0.05, 0.1) is 11.0 Å². The van der Waals surface area contributed by atoms with Gasteiger partial charge < -0.3 is 15.3 Å². The van der Waals surface area contributed by atoms with Gasteiger partial charge in [0.15, 0.2) is 0 Å². The highest BCUT2D eigenvalue weighted by molar-refractivity contribution is 5.90. The molecule has 0 aromatic heterocycles. The lowest BCUT2D eigenvalue weighted by Crippen LogP contribution is -2.27. The Labute approximate surface area is 129 Å². The lowest BCUT2D eigenvalue weighted by molar-refractivity contribution is -0.384. The maximum absolute atomic E-state index is 11.9. The maximum atomic E-state index is 11.9. The summed E-state index contributed by atoms with van der Waals surface area (Å²) in [6.07, 6.45) is 1.02. The monoisotopic (exact) mass is 307 g/mol. The molecule has 22 heavy (non-hydrogen) atoms. The van der Waals surface area contributed by atoms with Crippen molar-refractivity contribution >= 4 is 17.3 Å². The minimum Gasteiger partial charge on any atom is -0.393 e. The number of rotatable bonds is 6. The van der Waals surface area contributed by atoms with Gasteiger partial charge in [-0.15, -0.1) is 0 Å². The molecule has 1 fully saturated rings. The zero-order valence-electron chi connectivity index (χ0n) is 12.6. The van der Waals surface area contributed by atoms with Crippen LogP contribution in [0.3, 0.4) is 0 Å². The number of nitrogens with one attached hydrogen (secondary N) is 1. The summed E-state index contributed by atoms with van der Waals surface area (Å²) in [6.45, 7) is 4.18. The molecule has 0 aliphatic carbocycles. The van der Waals surface area contributed by atoms with E-state index in [-0.39, 0.29) is 23.6 Å². The van der Waals surface area contributed by atoms with Crippen LogP contribution in [0.25, 0.3) is 0 Å². The fourth-order valence-electron chi connectivity index (χ4n) is 2.61. The van der Waals surface area contributed by atoms with Gasteiger partial charge >= 0.3 is 0 Å². The van der Waals surface area contributed by atoms with Crippen LogP contribution in [-0.4, -0.2) is 46.6 Å². The van der Waals surface area contributed by atoms with Crippen LogP contribution in [0.1, 0.15) is 19.8 Å². The Bertz CT molecular complexity index is 530. The van der Waals surface area contributed by atoms with Crippen molar-refractivity contribution in [3.63, 3.8) is 0 Å². The number of nitrogens with zero attached hydrogens (tertiary/aromatic N) is 2. The van der Waals surface area contributed by atoms with Gasteiger partial charge in [-0.25, -0.2) is 0 Å². The van der Waals surface area contributed by atoms with Crippen molar-refractivity contribution in [1.29, 1.82) is 0 Å². The summed E-state index contributed by atoms with van der Waals surface area (Å²) >= 11 is 0. The Kier molecular flexibility index (Phi) is 5.46. The van der Waals surface area contributed by atoms with Gasteiger partial charge in [0.25, 0.3) is 5.69 Å². The molecule has 7 heteroatoms. The van der Waals surface area contributed by atoms with Gasteiger partial charge in [0, 0.05) is 37.3 Å². The molecule has 0 spiro atoms. The lowest BCUT2D eigenvalue weighted by Gasteiger charge is -2.17. The summed E-state index contributed by atoms with van der Waals surface area (Å²) in [5.74, 6) is 0.173. The molecule has 2 unspecified atom stereocenters. The van der Waals surface area contributed by atoms with Crippen LogP contribution in [0, 0.1) is 16.0 Å². The second kappa shape index (κ2) is 7.33. The number of aliphatic hydroxyl groups is 1. The molecule has 1 aromatic rings. The second-order valence-corrected chi connectivity index (χ2v) is 5.69. The summed E-state index contributed by atoms with van der Waals surface area (Å²) in [4.78, 5) is 24.1. The van der Waals surface area contributed by atoms with E-state index in [1.807, 2.05) is 0 Å². The summed E-state index contributed by atoms with van der Waals surface area (Å²) in [5, 5.41) is 22.8. The van der Waals surface area contributed by atoms with Crippen molar-refractivity contribution in [2.45, 2.75) is 25.9 Å². The highest BCUT2D eigenvalue weighted by Gasteiger charge is 2.25. The van der Waals surface area contributed by atoms with E-state index in [2.05, 4.69) is 10.2 Å². The molecule has 2 atom stereocenters. The minimum atomic E-state index is -0.475. The van der Waals surface area contributed by atoms with Crippen LogP contribution in [0.5, 0.6) is 0 Å². The first-order valence-electron chi connectivity index (χ1n) is 7.40. The molecule has 1 aromatic carbocycles. The number of likely N-dealkylation sites (tertiary alicyclic amines) is 1. The predicted molar refractivity (Wildman–Crippen MR) is 82.6 cm³/mol. The quantitative estimate of drug-likeness (QED) is 0.615. The lowest BCUT2D eigenvalue weighted by atomic mass is 10.0. The molecule has 0 radical (unpaired) electrons. The zero-order valence-corrected chi connectivity index (χ0v) is 12.6. The first-order chi connectivity index (χ1) is 10.5. The molecule has 1 heterocycles. The van der Waals surface area contributed by atoms with Crippen molar-refractivity contribution in [1.82, 2.24) is 4.90 Å². The van der Waals surface area contributed by atoms with Crippen molar-refractivity contribution in [3.05, 3.63) is 34.4 Å². The highest BCUT2D eigenvalue weighted by Crippen LogP contribution is 2.20. The largest absolute Gasteiger partial charge is 0.393 e. The SMILES string of the molecule is CC(O)C1CCN(CCC(=O)Nc2ccc([N+](=O)[O-])cc2)C1. The van der Waals surface area contributed by atoms with Crippen LogP contribution in [0.15, 0.2) is 24.3 Å². The number of nitro groups is 1. The number of aliphatic hydroxyl groups excluding tert-OH is 1. The molecule has 2 N–H and O–H groups in total. The number of carbonyl (C=O) groups excluding carboxylic acids is 1. The van der Waals surface area contributed by atoms with Gasteiger partial charge in [-0.1, -0.05) is 0 Å². The number of benzene rings is 1. The summed E-state index contributed by atoms with van der Waals surface area (Å²) in [7, 11) is 0. The third-order valence-electron chi connectivity index (χ3n) is 4.01. The van der Waals surface area contributed by atoms with E-state index < -0.39 is 4.92 Å². The van der Waals surface area contributed by atoms with Crippen LogP contribution in [-0.2, 0) is 4.79 Å². The molecule has 1 saturated heterocycles. The van der Waals surface area contributed by atoms with Crippen molar-refractivity contribution < 1.29 is 14.8 Å². The van der Waals surface area contributed by atoms with Crippen LogP contribution in [0.2, 0.25) is 0 Å². The molecule has 120 valence electrons. The topological polar surface area (TPSA) is 95.7 Å².